The van der Waals surface area contributed by atoms with E-state index in [4.69, 9.17) is 5.73 Å². The van der Waals surface area contributed by atoms with Crippen LogP contribution in [0.4, 0.5) is 5.69 Å². The van der Waals surface area contributed by atoms with Crippen LogP contribution < -0.4 is 5.73 Å². The van der Waals surface area contributed by atoms with Crippen LogP contribution in [0.3, 0.4) is 0 Å². The van der Waals surface area contributed by atoms with E-state index < -0.39 is 14.6 Å². The van der Waals surface area contributed by atoms with Gasteiger partial charge in [0.05, 0.1) is 10.5 Å². The highest BCUT2D eigenvalue weighted by Crippen LogP contribution is 2.25. The van der Waals surface area contributed by atoms with Gasteiger partial charge < -0.3 is 10.6 Å². The lowest BCUT2D eigenvalue weighted by atomic mass is 10.1. The molecular weight excluding hydrogens is 300 g/mol. The fourth-order valence-corrected chi connectivity index (χ4v) is 3.54. The number of nitrogens with zero attached hydrogens (tertiary/aromatic N) is 1. The zero-order valence-corrected chi connectivity index (χ0v) is 13.1. The van der Waals surface area contributed by atoms with Gasteiger partial charge >= 0.3 is 0 Å². The number of hydrogen-bond acceptors (Lipinski definition) is 4. The smallest absolute Gasteiger partial charge is 0.254 e. The largest absolute Gasteiger partial charge is 0.399 e. The minimum atomic E-state index is -3.14. The van der Waals surface area contributed by atoms with Crippen molar-refractivity contribution < 1.29 is 13.2 Å². The number of nitrogen functional groups attached to an aromatic ring is 1. The Balaban J connectivity index is 0.00000200. The van der Waals surface area contributed by atoms with Crippen LogP contribution in [-0.4, -0.2) is 42.8 Å². The zero-order valence-electron chi connectivity index (χ0n) is 11.5. The second kappa shape index (κ2) is 5.61. The molecule has 0 radical (unpaired) electrons. The molecule has 1 aliphatic heterocycles. The number of halogens is 1. The Morgan fingerprint density at radius 2 is 2.00 bits per heavy atom. The summed E-state index contributed by atoms with van der Waals surface area (Å²) in [6.07, 6.45) is 0. The van der Waals surface area contributed by atoms with E-state index >= 15 is 0 Å². The molecule has 0 spiro atoms. The van der Waals surface area contributed by atoms with Crippen molar-refractivity contribution >= 4 is 33.8 Å². The molecule has 20 heavy (non-hydrogen) atoms. The van der Waals surface area contributed by atoms with Gasteiger partial charge in [0.1, 0.15) is 0 Å². The SMILES string of the molecule is CC1(C)CN(C(=O)c2cccc(N)c2)CCS1(=O)=O.Cl. The van der Waals surface area contributed by atoms with Gasteiger partial charge in [-0.15, -0.1) is 12.4 Å². The number of nitrogens with two attached hydrogens (primary N) is 1. The fraction of sp³-hybridized carbons (Fsp3) is 0.462. The first-order valence-corrected chi connectivity index (χ1v) is 7.75. The summed E-state index contributed by atoms with van der Waals surface area (Å²) in [7, 11) is -3.14. The molecule has 1 aliphatic rings. The van der Waals surface area contributed by atoms with Gasteiger partial charge in [0, 0.05) is 24.3 Å². The summed E-state index contributed by atoms with van der Waals surface area (Å²) in [5.74, 6) is -0.163. The first-order chi connectivity index (χ1) is 8.73. The van der Waals surface area contributed by atoms with Gasteiger partial charge in [0.15, 0.2) is 9.84 Å². The quantitative estimate of drug-likeness (QED) is 0.792. The van der Waals surface area contributed by atoms with Crippen LogP contribution in [0, 0.1) is 0 Å². The lowest BCUT2D eigenvalue weighted by molar-refractivity contribution is 0.0743. The Morgan fingerprint density at radius 1 is 1.35 bits per heavy atom. The molecule has 7 heteroatoms. The molecule has 1 heterocycles. The molecule has 2 rings (SSSR count). The highest BCUT2D eigenvalue weighted by atomic mass is 35.5. The van der Waals surface area contributed by atoms with Crippen molar-refractivity contribution in [3.63, 3.8) is 0 Å². The fourth-order valence-electron chi connectivity index (χ4n) is 2.17. The van der Waals surface area contributed by atoms with Gasteiger partial charge in [-0.25, -0.2) is 8.42 Å². The van der Waals surface area contributed by atoms with Gasteiger partial charge in [-0.1, -0.05) is 6.07 Å². The topological polar surface area (TPSA) is 80.5 Å². The van der Waals surface area contributed by atoms with Crippen molar-refractivity contribution in [1.29, 1.82) is 0 Å². The third-order valence-corrected chi connectivity index (χ3v) is 6.00. The van der Waals surface area contributed by atoms with Gasteiger partial charge in [0.2, 0.25) is 0 Å². The summed E-state index contributed by atoms with van der Waals surface area (Å²) < 4.78 is 22.9. The molecule has 0 atom stereocenters. The molecule has 0 aliphatic carbocycles. The number of sulfone groups is 1. The van der Waals surface area contributed by atoms with Crippen LogP contribution in [0.5, 0.6) is 0 Å². The van der Waals surface area contributed by atoms with Crippen molar-refractivity contribution in [2.45, 2.75) is 18.6 Å². The summed E-state index contributed by atoms with van der Waals surface area (Å²) in [6, 6.07) is 6.73. The van der Waals surface area contributed by atoms with Crippen LogP contribution in [0.1, 0.15) is 24.2 Å². The van der Waals surface area contributed by atoms with Crippen molar-refractivity contribution in [3.8, 4) is 0 Å². The average molecular weight is 319 g/mol. The van der Waals surface area contributed by atoms with Crippen LogP contribution in [0.2, 0.25) is 0 Å². The Bertz CT molecular complexity index is 614. The van der Waals surface area contributed by atoms with Crippen LogP contribution in [0.25, 0.3) is 0 Å². The lowest BCUT2D eigenvalue weighted by Gasteiger charge is -2.37. The standard InChI is InChI=1S/C13H18N2O3S.ClH/c1-13(2)9-15(6-7-19(13,17)18)12(16)10-4-3-5-11(14)8-10;/h3-5,8H,6-7,9,14H2,1-2H3;1H. The molecule has 1 saturated heterocycles. The maximum atomic E-state index is 12.3. The predicted octanol–water partition coefficient (Wildman–Crippen LogP) is 1.34. The van der Waals surface area contributed by atoms with E-state index in [9.17, 15) is 13.2 Å². The number of amides is 1. The van der Waals surface area contributed by atoms with Crippen LogP contribution in [0.15, 0.2) is 24.3 Å². The molecule has 5 nitrogen and oxygen atoms in total. The molecule has 0 saturated carbocycles. The minimum absolute atomic E-state index is 0. The molecular formula is C13H19ClN2O3S. The summed E-state index contributed by atoms with van der Waals surface area (Å²) in [4.78, 5) is 13.9. The maximum Gasteiger partial charge on any atom is 0.254 e. The number of anilines is 1. The molecule has 1 amide bonds. The van der Waals surface area contributed by atoms with Crippen molar-refractivity contribution in [2.75, 3.05) is 24.6 Å². The Labute approximate surface area is 125 Å². The first-order valence-electron chi connectivity index (χ1n) is 6.10. The number of hydrogen-bond donors (Lipinski definition) is 1. The lowest BCUT2D eigenvalue weighted by Crippen LogP contribution is -2.54. The summed E-state index contributed by atoms with van der Waals surface area (Å²) in [6.45, 7) is 3.75. The first kappa shape index (κ1) is 16.8. The summed E-state index contributed by atoms with van der Waals surface area (Å²) in [5.41, 5.74) is 6.67. The third kappa shape index (κ3) is 3.07. The molecule has 0 aromatic heterocycles. The maximum absolute atomic E-state index is 12.3. The molecule has 0 unspecified atom stereocenters. The molecule has 1 aromatic rings. The van der Waals surface area contributed by atoms with Crippen molar-refractivity contribution in [1.82, 2.24) is 4.90 Å². The van der Waals surface area contributed by atoms with Crippen molar-refractivity contribution in [3.05, 3.63) is 29.8 Å². The Morgan fingerprint density at radius 3 is 2.55 bits per heavy atom. The number of rotatable bonds is 1. The molecule has 1 fully saturated rings. The number of carbonyl (C=O) groups excluding carboxylic acids is 1. The van der Waals surface area contributed by atoms with E-state index in [0.29, 0.717) is 11.3 Å². The van der Waals surface area contributed by atoms with Gasteiger partial charge in [-0.2, -0.15) is 0 Å². The zero-order chi connectivity index (χ0) is 14.3. The second-order valence-corrected chi connectivity index (χ2v) is 8.17. The van der Waals surface area contributed by atoms with E-state index in [0.717, 1.165) is 0 Å². The molecule has 0 bridgehead atoms. The van der Waals surface area contributed by atoms with E-state index in [1.54, 1.807) is 43.0 Å². The third-order valence-electron chi connectivity index (χ3n) is 3.46. The molecule has 1 aromatic carbocycles. The van der Waals surface area contributed by atoms with Gasteiger partial charge in [-0.05, 0) is 32.0 Å². The van der Waals surface area contributed by atoms with Gasteiger partial charge in [0.25, 0.3) is 5.91 Å². The Kier molecular flexibility index (Phi) is 4.71. The van der Waals surface area contributed by atoms with E-state index in [1.165, 1.54) is 0 Å². The van der Waals surface area contributed by atoms with Crippen LogP contribution >= 0.6 is 12.4 Å². The summed E-state index contributed by atoms with van der Waals surface area (Å²) in [5, 5.41) is 0. The van der Waals surface area contributed by atoms with E-state index in [1.807, 2.05) is 0 Å². The molecule has 2 N–H and O–H groups in total. The minimum Gasteiger partial charge on any atom is -0.399 e. The molecule has 112 valence electrons. The van der Waals surface area contributed by atoms with Gasteiger partial charge in [-0.3, -0.25) is 4.79 Å². The normalized spacial score (nSPS) is 20.0. The van der Waals surface area contributed by atoms with E-state index in [2.05, 4.69) is 0 Å². The monoisotopic (exact) mass is 318 g/mol. The second-order valence-electron chi connectivity index (χ2n) is 5.43. The van der Waals surface area contributed by atoms with Crippen molar-refractivity contribution in [2.24, 2.45) is 0 Å². The Hall–Kier alpha value is -1.27. The number of carbonyl (C=O) groups is 1. The highest BCUT2D eigenvalue weighted by Gasteiger charge is 2.41. The van der Waals surface area contributed by atoms with Crippen LogP contribution in [-0.2, 0) is 9.84 Å². The summed E-state index contributed by atoms with van der Waals surface area (Å²) >= 11 is 0. The number of benzene rings is 1. The highest BCUT2D eigenvalue weighted by molar-refractivity contribution is 7.92. The van der Waals surface area contributed by atoms with E-state index in [-0.39, 0.29) is 37.2 Å². The average Bonchev–Trinajstić information content (AvgIpc) is 2.32. The predicted molar refractivity (Wildman–Crippen MR) is 81.9 cm³/mol.